The summed E-state index contributed by atoms with van der Waals surface area (Å²) in [7, 11) is 0. The molecule has 2 rings (SSSR count). The van der Waals surface area contributed by atoms with Gasteiger partial charge in [0.15, 0.2) is 0 Å². The normalized spacial score (nSPS) is 20.5. The zero-order chi connectivity index (χ0) is 16.1. The number of carbonyl (C=O) groups is 2. The first kappa shape index (κ1) is 19.5. The Morgan fingerprint density at radius 1 is 1.22 bits per heavy atom. The highest BCUT2D eigenvalue weighted by Crippen LogP contribution is 2.19. The molecule has 1 saturated heterocycles. The summed E-state index contributed by atoms with van der Waals surface area (Å²) in [4.78, 5) is 24.1. The van der Waals surface area contributed by atoms with E-state index in [2.05, 4.69) is 22.9 Å². The van der Waals surface area contributed by atoms with E-state index >= 15 is 0 Å². The van der Waals surface area contributed by atoms with E-state index in [-0.39, 0.29) is 36.2 Å². The Hall–Kier alpha value is -1.59. The van der Waals surface area contributed by atoms with E-state index in [0.717, 1.165) is 25.1 Å². The van der Waals surface area contributed by atoms with Crippen molar-refractivity contribution in [3.63, 3.8) is 0 Å². The number of rotatable bonds is 4. The molecule has 1 aromatic carbocycles. The fourth-order valence-corrected chi connectivity index (χ4v) is 2.66. The third kappa shape index (κ3) is 5.84. The minimum Gasteiger partial charge on any atom is -0.350 e. The van der Waals surface area contributed by atoms with Gasteiger partial charge in [0.2, 0.25) is 5.91 Å². The summed E-state index contributed by atoms with van der Waals surface area (Å²) in [5, 5.41) is 9.12. The fraction of sp³-hybridized carbons (Fsp3) is 0.529. The number of nitrogens with one attached hydrogen (secondary N) is 3. The first-order chi connectivity index (χ1) is 10.5. The maximum absolute atomic E-state index is 12.3. The molecule has 1 aromatic rings. The molecule has 1 fully saturated rings. The summed E-state index contributed by atoms with van der Waals surface area (Å²) in [5.41, 5.74) is 1.33. The van der Waals surface area contributed by atoms with Crippen LogP contribution >= 0.6 is 12.4 Å². The van der Waals surface area contributed by atoms with Crippen molar-refractivity contribution in [2.24, 2.45) is 5.92 Å². The quantitative estimate of drug-likeness (QED) is 0.789. The molecular formula is C17H26ClN3O2. The number of carbonyl (C=O) groups excluding carboxylic acids is 2. The second-order valence-corrected chi connectivity index (χ2v) is 6.27. The van der Waals surface area contributed by atoms with E-state index in [1.165, 1.54) is 0 Å². The molecule has 0 unspecified atom stereocenters. The zero-order valence-corrected chi connectivity index (χ0v) is 14.7. The molecule has 0 spiro atoms. The lowest BCUT2D eigenvalue weighted by molar-refractivity contribution is -0.120. The van der Waals surface area contributed by atoms with E-state index in [1.54, 1.807) is 24.3 Å². The van der Waals surface area contributed by atoms with Crippen molar-refractivity contribution >= 4 is 29.9 Å². The van der Waals surface area contributed by atoms with Crippen molar-refractivity contribution in [1.29, 1.82) is 0 Å². The van der Waals surface area contributed by atoms with Crippen molar-refractivity contribution < 1.29 is 9.59 Å². The van der Waals surface area contributed by atoms with E-state index in [9.17, 15) is 9.59 Å². The third-order valence-electron chi connectivity index (χ3n) is 3.83. The molecule has 0 radical (unpaired) electrons. The molecule has 1 aliphatic heterocycles. The largest absolute Gasteiger partial charge is 0.350 e. The first-order valence-electron chi connectivity index (χ1n) is 7.91. The summed E-state index contributed by atoms with van der Waals surface area (Å²) in [5.74, 6) is 0.0213. The van der Waals surface area contributed by atoms with Gasteiger partial charge in [-0.1, -0.05) is 0 Å². The molecule has 2 atom stereocenters. The lowest BCUT2D eigenvalue weighted by Crippen LogP contribution is -2.40. The maximum Gasteiger partial charge on any atom is 0.251 e. The number of halogens is 1. The van der Waals surface area contributed by atoms with Crippen LogP contribution in [0.2, 0.25) is 0 Å². The SMILES string of the molecule is CC(C)NC(=O)c1ccc(NC(=O)[C@H]2CCN[C@@H](C)C2)cc1.Cl. The van der Waals surface area contributed by atoms with Crippen LogP contribution in [-0.2, 0) is 4.79 Å². The van der Waals surface area contributed by atoms with Gasteiger partial charge in [-0.25, -0.2) is 0 Å². The van der Waals surface area contributed by atoms with Crippen LogP contribution in [0.5, 0.6) is 0 Å². The van der Waals surface area contributed by atoms with Crippen molar-refractivity contribution in [3.8, 4) is 0 Å². The second kappa shape index (κ2) is 8.89. The van der Waals surface area contributed by atoms with Crippen LogP contribution in [0.4, 0.5) is 5.69 Å². The van der Waals surface area contributed by atoms with Crippen molar-refractivity contribution in [1.82, 2.24) is 10.6 Å². The van der Waals surface area contributed by atoms with Crippen LogP contribution < -0.4 is 16.0 Å². The lowest BCUT2D eigenvalue weighted by Gasteiger charge is -2.27. The Balaban J connectivity index is 0.00000264. The summed E-state index contributed by atoms with van der Waals surface area (Å²) in [6, 6.07) is 7.51. The van der Waals surface area contributed by atoms with Gasteiger partial charge in [-0.3, -0.25) is 9.59 Å². The number of benzene rings is 1. The number of hydrogen-bond acceptors (Lipinski definition) is 3. The molecule has 0 aromatic heterocycles. The van der Waals surface area contributed by atoms with Gasteiger partial charge in [0.25, 0.3) is 5.91 Å². The average Bonchev–Trinajstić information content (AvgIpc) is 2.47. The van der Waals surface area contributed by atoms with E-state index < -0.39 is 0 Å². The number of amides is 2. The Morgan fingerprint density at radius 3 is 2.43 bits per heavy atom. The summed E-state index contributed by atoms with van der Waals surface area (Å²) in [6.45, 7) is 6.83. The average molecular weight is 340 g/mol. The van der Waals surface area contributed by atoms with Gasteiger partial charge in [-0.2, -0.15) is 0 Å². The number of hydrogen-bond donors (Lipinski definition) is 3. The fourth-order valence-electron chi connectivity index (χ4n) is 2.66. The zero-order valence-electron chi connectivity index (χ0n) is 13.9. The molecule has 1 aliphatic rings. The topological polar surface area (TPSA) is 70.2 Å². The molecule has 1 heterocycles. The summed E-state index contributed by atoms with van der Waals surface area (Å²) < 4.78 is 0. The number of anilines is 1. The predicted molar refractivity (Wildman–Crippen MR) is 95.1 cm³/mol. The lowest BCUT2D eigenvalue weighted by atomic mass is 9.92. The molecule has 6 heteroatoms. The van der Waals surface area contributed by atoms with Crippen molar-refractivity contribution in [2.75, 3.05) is 11.9 Å². The monoisotopic (exact) mass is 339 g/mol. The van der Waals surface area contributed by atoms with Gasteiger partial charge < -0.3 is 16.0 Å². The van der Waals surface area contributed by atoms with Crippen molar-refractivity contribution in [2.45, 2.75) is 45.7 Å². The van der Waals surface area contributed by atoms with Crippen LogP contribution in [0, 0.1) is 5.92 Å². The van der Waals surface area contributed by atoms with Gasteiger partial charge in [0.1, 0.15) is 0 Å². The van der Waals surface area contributed by atoms with E-state index in [4.69, 9.17) is 0 Å². The Kier molecular flexibility index (Phi) is 7.52. The van der Waals surface area contributed by atoms with E-state index in [0.29, 0.717) is 11.6 Å². The third-order valence-corrected chi connectivity index (χ3v) is 3.83. The molecule has 3 N–H and O–H groups in total. The highest BCUT2D eigenvalue weighted by molar-refractivity contribution is 5.96. The van der Waals surface area contributed by atoms with Gasteiger partial charge in [-0.15, -0.1) is 12.4 Å². The summed E-state index contributed by atoms with van der Waals surface area (Å²) in [6.07, 6.45) is 1.73. The van der Waals surface area contributed by atoms with Crippen LogP contribution in [0.25, 0.3) is 0 Å². The molecule has 0 bridgehead atoms. The van der Waals surface area contributed by atoms with Gasteiger partial charge >= 0.3 is 0 Å². The second-order valence-electron chi connectivity index (χ2n) is 6.27. The maximum atomic E-state index is 12.3. The van der Waals surface area contributed by atoms with Gasteiger partial charge in [0.05, 0.1) is 0 Å². The Morgan fingerprint density at radius 2 is 1.87 bits per heavy atom. The minimum absolute atomic E-state index is 0. The van der Waals surface area contributed by atoms with Crippen molar-refractivity contribution in [3.05, 3.63) is 29.8 Å². The highest BCUT2D eigenvalue weighted by atomic mass is 35.5. The molecule has 2 amide bonds. The minimum atomic E-state index is -0.0972. The smallest absolute Gasteiger partial charge is 0.251 e. The Labute approximate surface area is 144 Å². The molecule has 128 valence electrons. The van der Waals surface area contributed by atoms with Crippen LogP contribution in [0.3, 0.4) is 0 Å². The molecule has 23 heavy (non-hydrogen) atoms. The molecule has 0 aliphatic carbocycles. The Bertz CT molecular complexity index is 531. The predicted octanol–water partition coefficient (Wildman–Crippen LogP) is 2.57. The highest BCUT2D eigenvalue weighted by Gasteiger charge is 2.24. The molecule has 5 nitrogen and oxygen atoms in total. The molecule has 0 saturated carbocycles. The van der Waals surface area contributed by atoms with Crippen LogP contribution in [0.1, 0.15) is 44.0 Å². The first-order valence-corrected chi connectivity index (χ1v) is 7.91. The molecular weight excluding hydrogens is 314 g/mol. The number of piperidine rings is 1. The van der Waals surface area contributed by atoms with Gasteiger partial charge in [0, 0.05) is 29.3 Å². The van der Waals surface area contributed by atoms with E-state index in [1.807, 2.05) is 13.8 Å². The van der Waals surface area contributed by atoms with Crippen LogP contribution in [-0.4, -0.2) is 30.4 Å². The summed E-state index contributed by atoms with van der Waals surface area (Å²) >= 11 is 0. The van der Waals surface area contributed by atoms with Gasteiger partial charge in [-0.05, 0) is 64.4 Å². The standard InChI is InChI=1S/C17H25N3O2.ClH/c1-11(2)19-16(21)13-4-6-15(7-5-13)20-17(22)14-8-9-18-12(3)10-14;/h4-7,11-12,14,18H,8-10H2,1-3H3,(H,19,21)(H,20,22);1H/t12-,14-;/m0./s1. The van der Waals surface area contributed by atoms with Crippen LogP contribution in [0.15, 0.2) is 24.3 Å².